The van der Waals surface area contributed by atoms with Gasteiger partial charge in [-0.1, -0.05) is 170 Å². The van der Waals surface area contributed by atoms with E-state index in [2.05, 4.69) is 228 Å². The van der Waals surface area contributed by atoms with E-state index in [0.29, 0.717) is 17.5 Å². The van der Waals surface area contributed by atoms with E-state index >= 15 is 0 Å². The third kappa shape index (κ3) is 6.54. The normalized spacial score (nSPS) is 12.5. The maximum atomic E-state index is 5.23. The largest absolute Gasteiger partial charge is 0.311 e. The van der Waals surface area contributed by atoms with Gasteiger partial charge in [0.1, 0.15) is 0 Å². The van der Waals surface area contributed by atoms with E-state index < -0.39 is 0 Å². The number of nitrogens with zero attached hydrogens (tertiary/aromatic N) is 6. The van der Waals surface area contributed by atoms with Crippen LogP contribution in [0, 0.1) is 6.92 Å². The zero-order valence-corrected chi connectivity index (χ0v) is 38.9. The number of benzene rings is 10. The van der Waals surface area contributed by atoms with Gasteiger partial charge in [0.15, 0.2) is 17.5 Å². The van der Waals surface area contributed by atoms with Gasteiger partial charge in [-0.15, -0.1) is 0 Å². The number of para-hydroxylation sites is 6. The molecule has 0 radical (unpaired) electrons. The molecule has 0 unspecified atom stereocenters. The highest BCUT2D eigenvalue weighted by molar-refractivity contribution is 7.00. The Labute approximate surface area is 412 Å². The van der Waals surface area contributed by atoms with Gasteiger partial charge < -0.3 is 14.4 Å². The fourth-order valence-corrected chi connectivity index (χ4v) is 11.2. The SMILES string of the molecule is Cc1cccc(-c2nc(-c3ccccc3)nc(-c3ccccc3)n2)c1-n1c2ccccc2c2cc(-c3cc4c5c(c3)N(c3ccccc3)c3ccccc3B5c3ccccc3N4c3ccccc3)ccc21. The fourth-order valence-electron chi connectivity index (χ4n) is 11.2. The quantitative estimate of drug-likeness (QED) is 0.149. The molecule has 0 aliphatic carbocycles. The predicted molar refractivity (Wildman–Crippen MR) is 295 cm³/mol. The smallest absolute Gasteiger partial charge is 0.252 e. The number of anilines is 6. The van der Waals surface area contributed by atoms with Gasteiger partial charge in [-0.25, -0.2) is 15.0 Å². The highest BCUT2D eigenvalue weighted by Gasteiger charge is 2.43. The van der Waals surface area contributed by atoms with Crippen LogP contribution in [0.3, 0.4) is 0 Å². The molecular weight excluding hydrogens is 864 g/mol. The van der Waals surface area contributed by atoms with Crippen LogP contribution in [-0.2, 0) is 0 Å². The molecule has 2 aliphatic rings. The van der Waals surface area contributed by atoms with Crippen molar-refractivity contribution in [3.8, 4) is 51.0 Å². The second kappa shape index (κ2) is 16.4. The van der Waals surface area contributed by atoms with Crippen LogP contribution in [0.25, 0.3) is 72.8 Å². The van der Waals surface area contributed by atoms with Crippen LogP contribution in [0.1, 0.15) is 5.56 Å². The summed E-state index contributed by atoms with van der Waals surface area (Å²) >= 11 is 0. The molecule has 0 saturated heterocycles. The summed E-state index contributed by atoms with van der Waals surface area (Å²) in [5.41, 5.74) is 20.3. The number of hydrogen-bond donors (Lipinski definition) is 0. The highest BCUT2D eigenvalue weighted by atomic mass is 15.2. The molecule has 0 spiro atoms. The number of aromatic nitrogens is 4. The molecule has 6 nitrogen and oxygen atoms in total. The minimum Gasteiger partial charge on any atom is -0.311 e. The minimum atomic E-state index is 0.0436. The summed E-state index contributed by atoms with van der Waals surface area (Å²) in [6, 6.07) is 87.0. The van der Waals surface area contributed by atoms with Gasteiger partial charge in [-0.05, 0) is 113 Å². The summed E-state index contributed by atoms with van der Waals surface area (Å²) in [4.78, 5) is 20.4. The minimum absolute atomic E-state index is 0.0436. The van der Waals surface area contributed by atoms with E-state index in [-0.39, 0.29) is 6.71 Å². The van der Waals surface area contributed by atoms with Crippen LogP contribution in [0.4, 0.5) is 34.1 Å². The third-order valence-electron chi connectivity index (χ3n) is 14.3. The molecule has 2 aliphatic heterocycles. The van der Waals surface area contributed by atoms with Gasteiger partial charge in [0.2, 0.25) is 0 Å². The van der Waals surface area contributed by atoms with E-state index in [0.717, 1.165) is 66.9 Å². The Balaban J connectivity index is 1.000. The Morgan fingerprint density at radius 3 is 1.44 bits per heavy atom. The van der Waals surface area contributed by atoms with Crippen LogP contribution >= 0.6 is 0 Å². The molecular formula is C64H43BN6. The molecule has 71 heavy (non-hydrogen) atoms. The molecule has 14 rings (SSSR count). The molecule has 4 heterocycles. The first-order chi connectivity index (χ1) is 35.2. The monoisotopic (exact) mass is 906 g/mol. The molecule has 332 valence electrons. The summed E-state index contributed by atoms with van der Waals surface area (Å²) in [7, 11) is 0. The maximum Gasteiger partial charge on any atom is 0.252 e. The lowest BCUT2D eigenvalue weighted by atomic mass is 9.33. The Morgan fingerprint density at radius 1 is 0.352 bits per heavy atom. The molecule has 12 aromatic rings. The number of aryl methyl sites for hydroxylation is 1. The van der Waals surface area contributed by atoms with Crippen LogP contribution in [-0.4, -0.2) is 26.2 Å². The summed E-state index contributed by atoms with van der Waals surface area (Å²) in [5.74, 6) is 1.88. The molecule has 0 saturated carbocycles. The van der Waals surface area contributed by atoms with Gasteiger partial charge in [0, 0.05) is 61.6 Å². The van der Waals surface area contributed by atoms with E-state index in [1.807, 2.05) is 36.4 Å². The second-order valence-corrected chi connectivity index (χ2v) is 18.4. The van der Waals surface area contributed by atoms with Gasteiger partial charge in [0.25, 0.3) is 6.71 Å². The van der Waals surface area contributed by atoms with Crippen LogP contribution < -0.4 is 26.2 Å². The Morgan fingerprint density at radius 2 is 0.845 bits per heavy atom. The van der Waals surface area contributed by atoms with Gasteiger partial charge >= 0.3 is 0 Å². The van der Waals surface area contributed by atoms with E-state index in [4.69, 9.17) is 15.0 Å². The number of hydrogen-bond acceptors (Lipinski definition) is 5. The topological polar surface area (TPSA) is 50.1 Å². The van der Waals surface area contributed by atoms with Crippen LogP contribution in [0.2, 0.25) is 0 Å². The number of rotatable bonds is 7. The highest BCUT2D eigenvalue weighted by Crippen LogP contribution is 2.47. The molecule has 7 heteroatoms. The van der Waals surface area contributed by atoms with E-state index in [1.54, 1.807) is 0 Å². The van der Waals surface area contributed by atoms with Crippen molar-refractivity contribution in [1.29, 1.82) is 0 Å². The molecule has 0 bridgehead atoms. The van der Waals surface area contributed by atoms with Crippen molar-refractivity contribution in [2.45, 2.75) is 6.92 Å². The number of fused-ring (bicyclic) bond motifs is 7. The Hall–Kier alpha value is -9.33. The summed E-state index contributed by atoms with van der Waals surface area (Å²) < 4.78 is 2.41. The fraction of sp³-hybridized carbons (Fsp3) is 0.0156. The lowest BCUT2D eigenvalue weighted by molar-refractivity contribution is 1.06. The average Bonchev–Trinajstić information content (AvgIpc) is 3.76. The third-order valence-corrected chi connectivity index (χ3v) is 14.3. The van der Waals surface area contributed by atoms with Crippen molar-refractivity contribution in [3.05, 3.63) is 248 Å². The Bertz CT molecular complexity index is 3850. The lowest BCUT2D eigenvalue weighted by Crippen LogP contribution is -2.61. The molecule has 2 aromatic heterocycles. The van der Waals surface area contributed by atoms with Gasteiger partial charge in [-0.2, -0.15) is 0 Å². The van der Waals surface area contributed by atoms with Gasteiger partial charge in [-0.3, -0.25) is 0 Å². The van der Waals surface area contributed by atoms with Crippen molar-refractivity contribution in [1.82, 2.24) is 19.5 Å². The second-order valence-electron chi connectivity index (χ2n) is 18.4. The first-order valence-electron chi connectivity index (χ1n) is 24.2. The maximum absolute atomic E-state index is 5.23. The molecule has 10 aromatic carbocycles. The van der Waals surface area contributed by atoms with Gasteiger partial charge in [0.05, 0.1) is 16.7 Å². The summed E-state index contributed by atoms with van der Waals surface area (Å²) in [6.07, 6.45) is 0. The first kappa shape index (κ1) is 40.7. The van der Waals surface area contributed by atoms with Crippen molar-refractivity contribution in [3.63, 3.8) is 0 Å². The summed E-state index contributed by atoms with van der Waals surface area (Å²) in [6.45, 7) is 2.23. The lowest BCUT2D eigenvalue weighted by Gasteiger charge is -2.44. The van der Waals surface area contributed by atoms with E-state index in [1.165, 1.54) is 44.5 Å². The predicted octanol–water partition coefficient (Wildman–Crippen LogP) is 14.0. The Kier molecular flexibility index (Phi) is 9.42. The molecule has 0 atom stereocenters. The summed E-state index contributed by atoms with van der Waals surface area (Å²) in [5, 5.41) is 2.33. The standard InChI is InChI=1S/C64H43BN6/c1-42-21-20-31-50(64-67-62(43-22-6-2-7-23-43)66-63(68-64)44-24-8-3-9-25-44)61(42)71-54-34-17-14-30-49(54)51-39-45(37-38-55(51)71)46-40-58-60-59(41-46)70(48-28-12-5-13-29-48)57-36-19-16-33-53(57)65(60)52-32-15-18-35-56(52)69(58)47-26-10-4-11-27-47/h2-41H,1H3. The van der Waals surface area contributed by atoms with Crippen molar-refractivity contribution < 1.29 is 0 Å². The van der Waals surface area contributed by atoms with Crippen molar-refractivity contribution >= 4 is 79.0 Å². The van der Waals surface area contributed by atoms with Crippen LogP contribution in [0.5, 0.6) is 0 Å². The molecule has 0 N–H and O–H groups in total. The molecule has 0 amide bonds. The van der Waals surface area contributed by atoms with Crippen molar-refractivity contribution in [2.24, 2.45) is 0 Å². The average molecular weight is 907 g/mol. The van der Waals surface area contributed by atoms with E-state index in [9.17, 15) is 0 Å². The zero-order valence-electron chi connectivity index (χ0n) is 38.9. The van der Waals surface area contributed by atoms with Crippen LogP contribution in [0.15, 0.2) is 243 Å². The molecule has 0 fully saturated rings. The van der Waals surface area contributed by atoms with Crippen molar-refractivity contribution in [2.75, 3.05) is 9.80 Å². The zero-order chi connectivity index (χ0) is 47.0. The first-order valence-corrected chi connectivity index (χ1v) is 24.2.